The molecular weight excluding hydrogens is 112 g/mol. The molecule has 0 aromatic carbocycles. The maximum Gasteiger partial charge on any atom is 0.0130 e. The second kappa shape index (κ2) is 3.18. The van der Waals surface area contributed by atoms with E-state index in [1.807, 2.05) is 19.1 Å². The van der Waals surface area contributed by atoms with Crippen LogP contribution in [0, 0.1) is 5.92 Å². The summed E-state index contributed by atoms with van der Waals surface area (Å²) in [5.74, 6) is 0.965. The van der Waals surface area contributed by atoms with E-state index in [1.54, 1.807) is 0 Å². The van der Waals surface area contributed by atoms with Gasteiger partial charge in [0.1, 0.15) is 0 Å². The van der Waals surface area contributed by atoms with Gasteiger partial charge in [0.25, 0.3) is 0 Å². The lowest BCUT2D eigenvalue weighted by atomic mass is 9.86. The Kier molecular flexibility index (Phi) is 2.49. The number of hydrogen-bond acceptors (Lipinski definition) is 2. The number of hydrogen-bond donors (Lipinski definition) is 1. The summed E-state index contributed by atoms with van der Waals surface area (Å²) in [6, 6.07) is 0. The van der Waals surface area contributed by atoms with Gasteiger partial charge in [-0.25, -0.2) is 0 Å². The fraction of sp³-hybridized carbons (Fsp3) is 1.00. The van der Waals surface area contributed by atoms with Crippen molar-refractivity contribution in [3.63, 3.8) is 0 Å². The third-order valence-electron chi connectivity index (χ3n) is 1.92. The molecule has 1 aliphatic rings. The summed E-state index contributed by atoms with van der Waals surface area (Å²) < 4.78 is 0. The summed E-state index contributed by atoms with van der Waals surface area (Å²) in [6.45, 7) is 1.17. The summed E-state index contributed by atoms with van der Waals surface area (Å²) in [5, 5.41) is 2.03. The van der Waals surface area contributed by atoms with Gasteiger partial charge in [-0.2, -0.15) is 0 Å². The quantitative estimate of drug-likeness (QED) is 0.567. The molecule has 0 bridgehead atoms. The summed E-state index contributed by atoms with van der Waals surface area (Å²) in [4.78, 5) is 0. The predicted octanol–water partition coefficient (Wildman–Crippen LogP) is 0.853. The van der Waals surface area contributed by atoms with E-state index in [9.17, 15) is 0 Å². The Balaban J connectivity index is 1.91. The van der Waals surface area contributed by atoms with E-state index >= 15 is 0 Å². The van der Waals surface area contributed by atoms with Crippen molar-refractivity contribution in [2.45, 2.75) is 19.3 Å². The second-order valence-electron chi connectivity index (χ2n) is 3.05. The summed E-state index contributed by atoms with van der Waals surface area (Å²) in [6.07, 6.45) is 4.31. The summed E-state index contributed by atoms with van der Waals surface area (Å²) >= 11 is 0. The minimum absolute atomic E-state index is 0.965. The van der Waals surface area contributed by atoms with Crippen LogP contribution in [0.15, 0.2) is 0 Å². The van der Waals surface area contributed by atoms with Gasteiger partial charge in [-0.15, -0.1) is 0 Å². The van der Waals surface area contributed by atoms with E-state index in [4.69, 9.17) is 0 Å². The largest absolute Gasteiger partial charge is 0.255 e. The monoisotopic (exact) mass is 128 g/mol. The van der Waals surface area contributed by atoms with E-state index < -0.39 is 0 Å². The molecule has 0 atom stereocenters. The van der Waals surface area contributed by atoms with Crippen molar-refractivity contribution in [1.29, 1.82) is 0 Å². The first-order valence-corrected chi connectivity index (χ1v) is 3.70. The normalized spacial score (nSPS) is 20.3. The molecule has 1 N–H and O–H groups in total. The third kappa shape index (κ3) is 2.33. The van der Waals surface area contributed by atoms with Crippen LogP contribution in [0.5, 0.6) is 0 Å². The predicted molar refractivity (Wildman–Crippen MR) is 39.0 cm³/mol. The topological polar surface area (TPSA) is 15.3 Å². The van der Waals surface area contributed by atoms with Crippen LogP contribution in [0.3, 0.4) is 0 Å². The highest BCUT2D eigenvalue weighted by molar-refractivity contribution is 4.70. The van der Waals surface area contributed by atoms with Gasteiger partial charge in [0.05, 0.1) is 0 Å². The molecule has 0 aromatic heterocycles. The van der Waals surface area contributed by atoms with Crippen LogP contribution >= 0.6 is 0 Å². The van der Waals surface area contributed by atoms with Crippen LogP contribution in [0.2, 0.25) is 0 Å². The maximum atomic E-state index is 3.28. The van der Waals surface area contributed by atoms with Crippen molar-refractivity contribution in [1.82, 2.24) is 10.4 Å². The minimum atomic E-state index is 0.965. The zero-order valence-electron chi connectivity index (χ0n) is 6.35. The molecule has 0 aromatic rings. The van der Waals surface area contributed by atoms with Gasteiger partial charge in [-0.1, -0.05) is 6.42 Å². The zero-order valence-corrected chi connectivity index (χ0v) is 6.35. The van der Waals surface area contributed by atoms with Crippen LogP contribution in [0.4, 0.5) is 0 Å². The smallest absolute Gasteiger partial charge is 0.0130 e. The van der Waals surface area contributed by atoms with Crippen molar-refractivity contribution in [3.05, 3.63) is 0 Å². The van der Waals surface area contributed by atoms with Gasteiger partial charge in [0.15, 0.2) is 0 Å². The molecular formula is C7H16N2. The molecule has 0 amide bonds. The zero-order chi connectivity index (χ0) is 6.69. The van der Waals surface area contributed by atoms with Crippen molar-refractivity contribution >= 4 is 0 Å². The lowest BCUT2D eigenvalue weighted by Crippen LogP contribution is -2.36. The molecule has 1 aliphatic carbocycles. The summed E-state index contributed by atoms with van der Waals surface area (Å²) in [7, 11) is 4.08. The number of nitrogens with zero attached hydrogens (tertiary/aromatic N) is 1. The third-order valence-corrected chi connectivity index (χ3v) is 1.92. The molecule has 1 fully saturated rings. The van der Waals surface area contributed by atoms with E-state index in [2.05, 4.69) is 5.43 Å². The average Bonchev–Trinajstić information content (AvgIpc) is 1.60. The van der Waals surface area contributed by atoms with E-state index in [0.29, 0.717) is 0 Å². The first-order valence-electron chi connectivity index (χ1n) is 3.70. The fourth-order valence-electron chi connectivity index (χ4n) is 1.01. The van der Waals surface area contributed by atoms with Crippen LogP contribution < -0.4 is 5.43 Å². The molecule has 0 saturated heterocycles. The highest BCUT2D eigenvalue weighted by Crippen LogP contribution is 2.24. The molecule has 0 unspecified atom stereocenters. The number of nitrogens with one attached hydrogen (secondary N) is 1. The molecule has 0 aliphatic heterocycles. The van der Waals surface area contributed by atoms with E-state index in [0.717, 1.165) is 5.92 Å². The van der Waals surface area contributed by atoms with Gasteiger partial charge in [0, 0.05) is 20.6 Å². The maximum absolute atomic E-state index is 3.28. The van der Waals surface area contributed by atoms with Gasteiger partial charge < -0.3 is 0 Å². The fourth-order valence-corrected chi connectivity index (χ4v) is 1.01. The molecule has 1 rings (SSSR count). The van der Waals surface area contributed by atoms with E-state index in [-0.39, 0.29) is 0 Å². The SMILES string of the molecule is CN(C)NCC1CCC1. The Morgan fingerprint density at radius 3 is 2.44 bits per heavy atom. The molecule has 0 radical (unpaired) electrons. The van der Waals surface area contributed by atoms with Crippen molar-refractivity contribution in [2.75, 3.05) is 20.6 Å². The highest BCUT2D eigenvalue weighted by Gasteiger charge is 2.16. The Hall–Kier alpha value is -0.0800. The standard InChI is InChI=1S/C7H16N2/c1-9(2)8-6-7-4-3-5-7/h7-8H,3-6H2,1-2H3. The molecule has 2 heteroatoms. The highest BCUT2D eigenvalue weighted by atomic mass is 15.5. The Labute approximate surface area is 57.2 Å². The van der Waals surface area contributed by atoms with Crippen LogP contribution in [0.1, 0.15) is 19.3 Å². The lowest BCUT2D eigenvalue weighted by Gasteiger charge is -2.27. The second-order valence-corrected chi connectivity index (χ2v) is 3.05. The molecule has 54 valence electrons. The number of rotatable bonds is 3. The van der Waals surface area contributed by atoms with Gasteiger partial charge >= 0.3 is 0 Å². The minimum Gasteiger partial charge on any atom is -0.255 e. The lowest BCUT2D eigenvalue weighted by molar-refractivity contribution is 0.214. The number of hydrazine groups is 1. The first kappa shape index (κ1) is 7.03. The summed E-state index contributed by atoms with van der Waals surface area (Å²) in [5.41, 5.74) is 3.28. The molecule has 0 heterocycles. The Morgan fingerprint density at radius 2 is 2.11 bits per heavy atom. The Bertz CT molecular complexity index is 77.0. The first-order chi connectivity index (χ1) is 4.29. The average molecular weight is 128 g/mol. The van der Waals surface area contributed by atoms with Crippen LogP contribution in [-0.4, -0.2) is 25.6 Å². The van der Waals surface area contributed by atoms with Gasteiger partial charge in [0.2, 0.25) is 0 Å². The van der Waals surface area contributed by atoms with Gasteiger partial charge in [-0.05, 0) is 18.8 Å². The Morgan fingerprint density at radius 1 is 1.44 bits per heavy atom. The van der Waals surface area contributed by atoms with Crippen LogP contribution in [-0.2, 0) is 0 Å². The van der Waals surface area contributed by atoms with Gasteiger partial charge in [-0.3, -0.25) is 10.4 Å². The van der Waals surface area contributed by atoms with E-state index in [1.165, 1.54) is 25.8 Å². The molecule has 1 saturated carbocycles. The van der Waals surface area contributed by atoms with Crippen molar-refractivity contribution in [2.24, 2.45) is 5.92 Å². The molecule has 2 nitrogen and oxygen atoms in total. The van der Waals surface area contributed by atoms with Crippen molar-refractivity contribution in [3.8, 4) is 0 Å². The van der Waals surface area contributed by atoms with Crippen LogP contribution in [0.25, 0.3) is 0 Å². The van der Waals surface area contributed by atoms with Crippen molar-refractivity contribution < 1.29 is 0 Å². The molecule has 0 spiro atoms. The molecule has 9 heavy (non-hydrogen) atoms.